The maximum Gasteiger partial charge on any atom is 0.254 e. The van der Waals surface area contributed by atoms with Crippen molar-refractivity contribution in [2.45, 2.75) is 31.9 Å². The summed E-state index contributed by atoms with van der Waals surface area (Å²) in [6.45, 7) is 2.87. The summed E-state index contributed by atoms with van der Waals surface area (Å²) in [5, 5.41) is 2.11. The monoisotopic (exact) mass is 343 g/mol. The summed E-state index contributed by atoms with van der Waals surface area (Å²) < 4.78 is 11.4. The lowest BCUT2D eigenvalue weighted by Gasteiger charge is -2.27. The fraction of sp³-hybridized carbons (Fsp3) is 0.421. The minimum atomic E-state index is 0.0782. The Morgan fingerprint density at radius 2 is 2.33 bits per heavy atom. The molecule has 0 unspecified atom stereocenters. The minimum absolute atomic E-state index is 0.0782. The average Bonchev–Trinajstić information content (AvgIpc) is 3.30. The van der Waals surface area contributed by atoms with Crippen LogP contribution in [-0.2, 0) is 17.7 Å². The van der Waals surface area contributed by atoms with E-state index in [1.165, 1.54) is 10.4 Å². The van der Waals surface area contributed by atoms with Crippen molar-refractivity contribution in [2.75, 3.05) is 19.8 Å². The molecule has 0 radical (unpaired) electrons. The summed E-state index contributed by atoms with van der Waals surface area (Å²) in [6.07, 6.45) is 3.29. The molecule has 0 saturated carbocycles. The number of hydrogen-bond donors (Lipinski definition) is 0. The average molecular weight is 343 g/mol. The highest BCUT2D eigenvalue weighted by atomic mass is 32.1. The van der Waals surface area contributed by atoms with E-state index in [-0.39, 0.29) is 12.0 Å². The second-order valence-electron chi connectivity index (χ2n) is 6.32. The molecule has 0 N–H and O–H groups in total. The number of fused-ring (bicyclic) bond motifs is 1. The molecule has 5 heteroatoms. The molecule has 1 fully saturated rings. The molecular formula is C19H21NO3S. The second-order valence-corrected chi connectivity index (χ2v) is 7.32. The van der Waals surface area contributed by atoms with E-state index in [9.17, 15) is 4.79 Å². The number of carbonyl (C=O) groups excluding carboxylic acids is 1. The van der Waals surface area contributed by atoms with Gasteiger partial charge in [-0.3, -0.25) is 4.79 Å². The van der Waals surface area contributed by atoms with Gasteiger partial charge in [0.15, 0.2) is 0 Å². The zero-order valence-corrected chi connectivity index (χ0v) is 14.4. The summed E-state index contributed by atoms with van der Waals surface area (Å²) in [5.74, 6) is 0.819. The first kappa shape index (κ1) is 15.7. The number of thiophene rings is 1. The third kappa shape index (κ3) is 3.32. The van der Waals surface area contributed by atoms with Crippen LogP contribution in [0.4, 0.5) is 0 Å². The lowest BCUT2D eigenvalue weighted by Crippen LogP contribution is -2.35. The third-order valence-electron chi connectivity index (χ3n) is 4.64. The fourth-order valence-corrected chi connectivity index (χ4v) is 4.18. The van der Waals surface area contributed by atoms with E-state index >= 15 is 0 Å². The van der Waals surface area contributed by atoms with Gasteiger partial charge in [0.25, 0.3) is 5.91 Å². The molecule has 126 valence electrons. The number of hydrogen-bond acceptors (Lipinski definition) is 4. The molecule has 2 aromatic rings. The van der Waals surface area contributed by atoms with Crippen molar-refractivity contribution >= 4 is 17.2 Å². The van der Waals surface area contributed by atoms with Gasteiger partial charge in [0, 0.05) is 30.1 Å². The van der Waals surface area contributed by atoms with Gasteiger partial charge in [-0.05, 0) is 54.5 Å². The van der Waals surface area contributed by atoms with Crippen molar-refractivity contribution in [1.29, 1.82) is 0 Å². The molecule has 4 rings (SSSR count). The molecule has 0 aliphatic carbocycles. The predicted octanol–water partition coefficient (Wildman–Crippen LogP) is 3.50. The Labute approximate surface area is 146 Å². The van der Waals surface area contributed by atoms with Gasteiger partial charge in [-0.1, -0.05) is 6.07 Å². The van der Waals surface area contributed by atoms with Crippen LogP contribution in [0.2, 0.25) is 0 Å². The van der Waals surface area contributed by atoms with Gasteiger partial charge in [0.2, 0.25) is 0 Å². The molecule has 0 bridgehead atoms. The van der Waals surface area contributed by atoms with E-state index in [4.69, 9.17) is 9.47 Å². The molecule has 1 amide bonds. The number of nitrogens with zero attached hydrogens (tertiary/aromatic N) is 1. The number of rotatable bonds is 4. The Bertz CT molecular complexity index is 721. The first-order chi connectivity index (χ1) is 11.8. The molecule has 4 nitrogen and oxygen atoms in total. The molecule has 24 heavy (non-hydrogen) atoms. The molecule has 3 heterocycles. The maximum atomic E-state index is 12.8. The summed E-state index contributed by atoms with van der Waals surface area (Å²) in [7, 11) is 0. The van der Waals surface area contributed by atoms with Crippen LogP contribution in [0.3, 0.4) is 0 Å². The number of amides is 1. The van der Waals surface area contributed by atoms with Crippen molar-refractivity contribution in [1.82, 2.24) is 4.90 Å². The van der Waals surface area contributed by atoms with Gasteiger partial charge < -0.3 is 14.4 Å². The van der Waals surface area contributed by atoms with Crippen LogP contribution in [0, 0.1) is 0 Å². The van der Waals surface area contributed by atoms with Crippen molar-refractivity contribution < 1.29 is 14.3 Å². The van der Waals surface area contributed by atoms with Gasteiger partial charge >= 0.3 is 0 Å². The van der Waals surface area contributed by atoms with Crippen LogP contribution >= 0.6 is 11.3 Å². The van der Waals surface area contributed by atoms with Gasteiger partial charge in [0.1, 0.15) is 12.4 Å². The Hall–Kier alpha value is -1.85. The van der Waals surface area contributed by atoms with Crippen LogP contribution in [0.15, 0.2) is 35.7 Å². The third-order valence-corrected chi connectivity index (χ3v) is 5.66. The Morgan fingerprint density at radius 3 is 3.21 bits per heavy atom. The Balaban J connectivity index is 1.42. The highest BCUT2D eigenvalue weighted by Crippen LogP contribution is 2.26. The van der Waals surface area contributed by atoms with Crippen molar-refractivity contribution in [3.8, 4) is 5.75 Å². The SMILES string of the molecule is O=C(c1cccc(OC[C@@H]2CCCO2)c1)N1CCc2sccc2C1. The van der Waals surface area contributed by atoms with Crippen LogP contribution in [0.5, 0.6) is 5.75 Å². The van der Waals surface area contributed by atoms with E-state index in [2.05, 4.69) is 11.4 Å². The fourth-order valence-electron chi connectivity index (χ4n) is 3.29. The summed E-state index contributed by atoms with van der Waals surface area (Å²) in [6, 6.07) is 9.63. The topological polar surface area (TPSA) is 38.8 Å². The largest absolute Gasteiger partial charge is 0.491 e. The summed E-state index contributed by atoms with van der Waals surface area (Å²) in [4.78, 5) is 16.1. The van der Waals surface area contributed by atoms with Crippen LogP contribution in [-0.4, -0.2) is 36.7 Å². The Kier molecular flexibility index (Phi) is 4.54. The molecular weight excluding hydrogens is 322 g/mol. The van der Waals surface area contributed by atoms with E-state index in [1.54, 1.807) is 11.3 Å². The smallest absolute Gasteiger partial charge is 0.254 e. The Morgan fingerprint density at radius 1 is 1.38 bits per heavy atom. The summed E-state index contributed by atoms with van der Waals surface area (Å²) in [5.41, 5.74) is 1.98. The zero-order valence-electron chi connectivity index (χ0n) is 13.6. The number of benzene rings is 1. The van der Waals surface area contributed by atoms with Gasteiger partial charge in [-0.15, -0.1) is 11.3 Å². The predicted molar refractivity (Wildman–Crippen MR) is 93.7 cm³/mol. The second kappa shape index (κ2) is 6.95. The first-order valence-corrected chi connectivity index (χ1v) is 9.36. The van der Waals surface area contributed by atoms with Gasteiger partial charge in [0.05, 0.1) is 6.10 Å². The molecule has 1 atom stereocenters. The van der Waals surface area contributed by atoms with E-state index in [0.29, 0.717) is 18.7 Å². The van der Waals surface area contributed by atoms with Crippen molar-refractivity contribution in [3.63, 3.8) is 0 Å². The van der Waals surface area contributed by atoms with Gasteiger partial charge in [-0.2, -0.15) is 0 Å². The molecule has 2 aliphatic rings. The van der Waals surface area contributed by atoms with E-state index in [1.807, 2.05) is 29.2 Å². The molecule has 1 aromatic carbocycles. The maximum absolute atomic E-state index is 12.8. The first-order valence-electron chi connectivity index (χ1n) is 8.48. The lowest BCUT2D eigenvalue weighted by atomic mass is 10.1. The minimum Gasteiger partial charge on any atom is -0.491 e. The standard InChI is InChI=1S/C19H21NO3S/c21-19(20-8-6-18-15(12-20)7-10-24-18)14-3-1-4-16(11-14)23-13-17-5-2-9-22-17/h1,3-4,7,10-11,17H,2,5-6,8-9,12-13H2/t17-/m0/s1. The van der Waals surface area contributed by atoms with Crippen LogP contribution in [0.25, 0.3) is 0 Å². The van der Waals surface area contributed by atoms with Crippen molar-refractivity contribution in [2.24, 2.45) is 0 Å². The number of ether oxygens (including phenoxy) is 2. The zero-order chi connectivity index (χ0) is 16.4. The van der Waals surface area contributed by atoms with Crippen LogP contribution < -0.4 is 4.74 Å². The van der Waals surface area contributed by atoms with E-state index in [0.717, 1.165) is 38.2 Å². The van der Waals surface area contributed by atoms with Crippen LogP contribution in [0.1, 0.15) is 33.6 Å². The lowest BCUT2D eigenvalue weighted by molar-refractivity contribution is 0.0676. The molecule has 1 aromatic heterocycles. The molecule has 2 aliphatic heterocycles. The highest BCUT2D eigenvalue weighted by molar-refractivity contribution is 7.10. The van der Waals surface area contributed by atoms with Gasteiger partial charge in [-0.25, -0.2) is 0 Å². The normalized spacial score (nSPS) is 20.0. The van der Waals surface area contributed by atoms with E-state index < -0.39 is 0 Å². The number of carbonyl (C=O) groups is 1. The molecule has 0 spiro atoms. The highest BCUT2D eigenvalue weighted by Gasteiger charge is 2.23. The quantitative estimate of drug-likeness (QED) is 0.853. The summed E-state index contributed by atoms with van der Waals surface area (Å²) >= 11 is 1.79. The molecule has 1 saturated heterocycles. The van der Waals surface area contributed by atoms with Crippen molar-refractivity contribution in [3.05, 3.63) is 51.7 Å².